The van der Waals surface area contributed by atoms with Crippen LogP contribution in [0.3, 0.4) is 0 Å². The predicted molar refractivity (Wildman–Crippen MR) is 81.4 cm³/mol. The van der Waals surface area contributed by atoms with Crippen LogP contribution in [0, 0.1) is 5.92 Å². The quantitative estimate of drug-likeness (QED) is 0.683. The van der Waals surface area contributed by atoms with Crippen molar-refractivity contribution in [1.82, 2.24) is 0 Å². The maximum absolute atomic E-state index is 9.77. The fraction of sp³-hybridized carbons (Fsp3) is 0.647. The van der Waals surface area contributed by atoms with Gasteiger partial charge in [0.1, 0.15) is 0 Å². The molecule has 0 aliphatic carbocycles. The average Bonchev–Trinajstić information content (AvgIpc) is 2.41. The lowest BCUT2D eigenvalue weighted by molar-refractivity contribution is -0.0537. The fourth-order valence-electron chi connectivity index (χ4n) is 1.99. The topological polar surface area (TPSA) is 49.7 Å². The highest BCUT2D eigenvalue weighted by molar-refractivity contribution is 5.13. The molecule has 0 bridgehead atoms. The summed E-state index contributed by atoms with van der Waals surface area (Å²) < 4.78 is 5.65. The van der Waals surface area contributed by atoms with Gasteiger partial charge in [-0.05, 0) is 44.6 Å². The standard InChI is InChI=1S/C17H28O3/c1-14(9-10-16(18)17(2,3)19)11-12-20-13-15-7-5-4-6-8-15/h4-8,14,16,18-19H,9-13H2,1-3H3. The molecule has 2 atom stereocenters. The van der Waals surface area contributed by atoms with Gasteiger partial charge in [0.2, 0.25) is 0 Å². The Kier molecular flexibility index (Phi) is 7.20. The summed E-state index contributed by atoms with van der Waals surface area (Å²) in [5, 5.41) is 19.4. The number of ether oxygens (including phenoxy) is 1. The van der Waals surface area contributed by atoms with E-state index in [2.05, 4.69) is 19.1 Å². The van der Waals surface area contributed by atoms with Crippen molar-refractivity contribution in [3.8, 4) is 0 Å². The van der Waals surface area contributed by atoms with E-state index in [1.54, 1.807) is 13.8 Å². The molecule has 0 saturated carbocycles. The zero-order valence-corrected chi connectivity index (χ0v) is 12.9. The molecule has 0 fully saturated rings. The predicted octanol–water partition coefficient (Wildman–Crippen LogP) is 3.14. The second kappa shape index (κ2) is 8.40. The molecule has 2 unspecified atom stereocenters. The van der Waals surface area contributed by atoms with E-state index in [1.807, 2.05) is 18.2 Å². The van der Waals surface area contributed by atoms with Gasteiger partial charge in [-0.3, -0.25) is 0 Å². The molecular weight excluding hydrogens is 252 g/mol. The summed E-state index contributed by atoms with van der Waals surface area (Å²) in [7, 11) is 0. The van der Waals surface area contributed by atoms with E-state index in [9.17, 15) is 10.2 Å². The molecule has 1 aromatic carbocycles. The molecule has 0 radical (unpaired) electrons. The van der Waals surface area contributed by atoms with E-state index >= 15 is 0 Å². The summed E-state index contributed by atoms with van der Waals surface area (Å²) in [4.78, 5) is 0. The zero-order chi connectivity index (χ0) is 15.0. The van der Waals surface area contributed by atoms with Crippen LogP contribution in [0.25, 0.3) is 0 Å². The number of hydrogen-bond acceptors (Lipinski definition) is 3. The van der Waals surface area contributed by atoms with Gasteiger partial charge in [-0.15, -0.1) is 0 Å². The monoisotopic (exact) mass is 280 g/mol. The normalized spacial score (nSPS) is 15.1. The molecule has 0 heterocycles. The van der Waals surface area contributed by atoms with Gasteiger partial charge in [-0.2, -0.15) is 0 Å². The second-order valence-corrected chi connectivity index (χ2v) is 6.18. The molecule has 1 aromatic rings. The number of aliphatic hydroxyl groups is 2. The summed E-state index contributed by atoms with van der Waals surface area (Å²) in [5.41, 5.74) is 0.182. The van der Waals surface area contributed by atoms with Gasteiger partial charge in [0.05, 0.1) is 18.3 Å². The highest BCUT2D eigenvalue weighted by atomic mass is 16.5. The zero-order valence-electron chi connectivity index (χ0n) is 12.9. The van der Waals surface area contributed by atoms with Crippen molar-refractivity contribution in [3.05, 3.63) is 35.9 Å². The van der Waals surface area contributed by atoms with Gasteiger partial charge >= 0.3 is 0 Å². The Labute approximate surface area is 122 Å². The maximum Gasteiger partial charge on any atom is 0.0849 e. The molecule has 2 N–H and O–H groups in total. The van der Waals surface area contributed by atoms with Crippen LogP contribution in [0.4, 0.5) is 0 Å². The van der Waals surface area contributed by atoms with Gasteiger partial charge in [0, 0.05) is 6.61 Å². The van der Waals surface area contributed by atoms with Crippen LogP contribution in [0.1, 0.15) is 45.6 Å². The minimum Gasteiger partial charge on any atom is -0.390 e. The molecule has 0 aliphatic rings. The molecule has 0 aromatic heterocycles. The minimum absolute atomic E-state index is 0.489. The number of benzene rings is 1. The van der Waals surface area contributed by atoms with E-state index in [-0.39, 0.29) is 0 Å². The molecule has 0 aliphatic heterocycles. The Hall–Kier alpha value is -0.900. The summed E-state index contributed by atoms with van der Waals surface area (Å²) in [6, 6.07) is 10.1. The lowest BCUT2D eigenvalue weighted by atomic mass is 9.93. The van der Waals surface area contributed by atoms with Crippen LogP contribution < -0.4 is 0 Å². The highest BCUT2D eigenvalue weighted by Crippen LogP contribution is 2.18. The molecule has 1 rings (SSSR count). The Morgan fingerprint density at radius 1 is 1.10 bits per heavy atom. The Balaban J connectivity index is 2.10. The number of rotatable bonds is 9. The summed E-state index contributed by atoms with van der Waals surface area (Å²) in [6.45, 7) is 6.83. The van der Waals surface area contributed by atoms with Crippen molar-refractivity contribution in [1.29, 1.82) is 0 Å². The van der Waals surface area contributed by atoms with Crippen LogP contribution in [-0.4, -0.2) is 28.5 Å². The van der Waals surface area contributed by atoms with Crippen LogP contribution in [0.15, 0.2) is 30.3 Å². The summed E-state index contributed by atoms with van der Waals surface area (Å²) >= 11 is 0. The molecule has 20 heavy (non-hydrogen) atoms. The Morgan fingerprint density at radius 3 is 2.35 bits per heavy atom. The first-order chi connectivity index (χ1) is 9.39. The van der Waals surface area contributed by atoms with Gasteiger partial charge < -0.3 is 14.9 Å². The largest absolute Gasteiger partial charge is 0.390 e. The molecule has 3 heteroatoms. The van der Waals surface area contributed by atoms with E-state index in [1.165, 1.54) is 5.56 Å². The number of aliphatic hydroxyl groups excluding tert-OH is 1. The van der Waals surface area contributed by atoms with Crippen molar-refractivity contribution < 1.29 is 14.9 Å². The molecular formula is C17H28O3. The Morgan fingerprint density at radius 2 is 1.75 bits per heavy atom. The van der Waals surface area contributed by atoms with E-state index in [0.717, 1.165) is 19.4 Å². The third kappa shape index (κ3) is 7.04. The smallest absolute Gasteiger partial charge is 0.0849 e. The first kappa shape index (κ1) is 17.2. The summed E-state index contributed by atoms with van der Waals surface area (Å²) in [6.07, 6.45) is 1.85. The maximum atomic E-state index is 9.77. The van der Waals surface area contributed by atoms with Crippen LogP contribution >= 0.6 is 0 Å². The molecule has 0 saturated heterocycles. The third-order valence-corrected chi connectivity index (χ3v) is 3.61. The van der Waals surface area contributed by atoms with Gasteiger partial charge in [0.15, 0.2) is 0 Å². The lowest BCUT2D eigenvalue weighted by Gasteiger charge is -2.25. The van der Waals surface area contributed by atoms with Gasteiger partial charge in [-0.25, -0.2) is 0 Å². The third-order valence-electron chi connectivity index (χ3n) is 3.61. The second-order valence-electron chi connectivity index (χ2n) is 6.18. The van der Waals surface area contributed by atoms with Crippen molar-refractivity contribution in [3.63, 3.8) is 0 Å². The summed E-state index contributed by atoms with van der Waals surface area (Å²) in [5.74, 6) is 0.489. The first-order valence-corrected chi connectivity index (χ1v) is 7.41. The fourth-order valence-corrected chi connectivity index (χ4v) is 1.99. The van der Waals surface area contributed by atoms with Crippen LogP contribution in [0.2, 0.25) is 0 Å². The van der Waals surface area contributed by atoms with E-state index < -0.39 is 11.7 Å². The first-order valence-electron chi connectivity index (χ1n) is 7.41. The van der Waals surface area contributed by atoms with Crippen LogP contribution in [0.5, 0.6) is 0 Å². The minimum atomic E-state index is -1.01. The number of hydrogen-bond donors (Lipinski definition) is 2. The molecule has 114 valence electrons. The van der Waals surface area contributed by atoms with Gasteiger partial charge in [-0.1, -0.05) is 37.3 Å². The van der Waals surface area contributed by atoms with Gasteiger partial charge in [0.25, 0.3) is 0 Å². The van der Waals surface area contributed by atoms with E-state index in [4.69, 9.17) is 4.74 Å². The molecule has 0 spiro atoms. The SMILES string of the molecule is CC(CCOCc1ccccc1)CCC(O)C(C)(C)O. The van der Waals surface area contributed by atoms with E-state index in [0.29, 0.717) is 18.9 Å². The van der Waals surface area contributed by atoms with Crippen molar-refractivity contribution >= 4 is 0 Å². The van der Waals surface area contributed by atoms with Crippen molar-refractivity contribution in [2.75, 3.05) is 6.61 Å². The highest BCUT2D eigenvalue weighted by Gasteiger charge is 2.24. The van der Waals surface area contributed by atoms with Crippen molar-refractivity contribution in [2.45, 2.75) is 58.3 Å². The van der Waals surface area contributed by atoms with Crippen LogP contribution in [-0.2, 0) is 11.3 Å². The average molecular weight is 280 g/mol. The Bertz CT molecular complexity index is 356. The molecule has 0 amide bonds. The lowest BCUT2D eigenvalue weighted by Crippen LogP contribution is -2.35. The molecule has 3 nitrogen and oxygen atoms in total. The van der Waals surface area contributed by atoms with Crippen molar-refractivity contribution in [2.24, 2.45) is 5.92 Å².